The molecule has 1 aromatic heterocycles. The molecule has 21 heavy (non-hydrogen) atoms. The Balaban J connectivity index is 1.74. The van der Waals surface area contributed by atoms with Crippen LogP contribution >= 0.6 is 0 Å². The fraction of sp³-hybridized carbons (Fsp3) is 0.438. The fourth-order valence-electron chi connectivity index (χ4n) is 3.88. The third-order valence-corrected chi connectivity index (χ3v) is 4.85. The minimum atomic E-state index is -1.09. The molecule has 0 spiro atoms. The molecular weight excluding hydrogens is 266 g/mol. The molecule has 0 saturated heterocycles. The van der Waals surface area contributed by atoms with Crippen LogP contribution in [0, 0.1) is 11.8 Å². The number of carboxylic acids is 1. The van der Waals surface area contributed by atoms with Gasteiger partial charge >= 0.3 is 5.97 Å². The van der Waals surface area contributed by atoms with Crippen molar-refractivity contribution in [2.75, 3.05) is 5.32 Å². The highest BCUT2D eigenvalue weighted by molar-refractivity contribution is 5.93. The van der Waals surface area contributed by atoms with E-state index in [1.807, 2.05) is 24.3 Å². The normalized spacial score (nSPS) is 27.1. The monoisotopic (exact) mass is 283 g/mol. The van der Waals surface area contributed by atoms with Crippen LogP contribution in [0.15, 0.2) is 24.3 Å². The minimum absolute atomic E-state index is 0.139. The molecule has 3 atom stereocenters. The number of rotatable bonds is 3. The SMILES string of the molecule is O=C(O)c1nc(NC2CC3CCC2C3)c2ccccc2n1. The summed E-state index contributed by atoms with van der Waals surface area (Å²) in [6.45, 7) is 0. The maximum atomic E-state index is 11.2. The number of nitrogens with one attached hydrogen (secondary N) is 1. The summed E-state index contributed by atoms with van der Waals surface area (Å²) in [6, 6.07) is 7.98. The zero-order chi connectivity index (χ0) is 14.4. The number of hydrogen-bond donors (Lipinski definition) is 2. The lowest BCUT2D eigenvalue weighted by atomic mass is 9.95. The summed E-state index contributed by atoms with van der Waals surface area (Å²) in [4.78, 5) is 19.5. The first-order valence-corrected chi connectivity index (χ1v) is 7.47. The van der Waals surface area contributed by atoms with Crippen LogP contribution in [0.1, 0.15) is 36.3 Å². The molecule has 2 fully saturated rings. The van der Waals surface area contributed by atoms with Crippen LogP contribution in [0.2, 0.25) is 0 Å². The van der Waals surface area contributed by atoms with Gasteiger partial charge < -0.3 is 10.4 Å². The Kier molecular flexibility index (Phi) is 2.80. The average Bonchev–Trinajstić information content (AvgIpc) is 3.09. The molecule has 0 radical (unpaired) electrons. The van der Waals surface area contributed by atoms with Crippen molar-refractivity contribution < 1.29 is 9.90 Å². The van der Waals surface area contributed by atoms with Crippen molar-refractivity contribution in [3.05, 3.63) is 30.1 Å². The molecule has 5 heteroatoms. The molecule has 1 heterocycles. The highest BCUT2D eigenvalue weighted by Gasteiger charge is 2.39. The molecule has 4 rings (SSSR count). The van der Waals surface area contributed by atoms with Crippen molar-refractivity contribution in [3.8, 4) is 0 Å². The first-order valence-electron chi connectivity index (χ1n) is 7.47. The van der Waals surface area contributed by atoms with E-state index in [4.69, 9.17) is 0 Å². The largest absolute Gasteiger partial charge is 0.475 e. The van der Waals surface area contributed by atoms with Gasteiger partial charge in [-0.3, -0.25) is 0 Å². The Morgan fingerprint density at radius 2 is 2.05 bits per heavy atom. The second kappa shape index (κ2) is 4.69. The number of carbonyl (C=O) groups is 1. The van der Waals surface area contributed by atoms with Gasteiger partial charge in [-0.15, -0.1) is 0 Å². The van der Waals surface area contributed by atoms with Crippen molar-refractivity contribution in [1.82, 2.24) is 9.97 Å². The summed E-state index contributed by atoms with van der Waals surface area (Å²) < 4.78 is 0. The molecule has 2 aliphatic carbocycles. The molecular formula is C16H17N3O2. The van der Waals surface area contributed by atoms with Crippen molar-refractivity contribution in [2.45, 2.75) is 31.7 Å². The molecule has 0 amide bonds. The molecule has 108 valence electrons. The number of aromatic carboxylic acids is 1. The van der Waals surface area contributed by atoms with Crippen LogP contribution in [0.5, 0.6) is 0 Å². The van der Waals surface area contributed by atoms with Crippen molar-refractivity contribution in [3.63, 3.8) is 0 Å². The number of hydrogen-bond acceptors (Lipinski definition) is 4. The molecule has 2 bridgehead atoms. The molecule has 5 nitrogen and oxygen atoms in total. The molecule has 2 N–H and O–H groups in total. The summed E-state index contributed by atoms with van der Waals surface area (Å²) in [5.74, 6) is 0.975. The lowest BCUT2D eigenvalue weighted by Crippen LogP contribution is -2.27. The van der Waals surface area contributed by atoms with Crippen LogP contribution in [-0.4, -0.2) is 27.1 Å². The Bertz CT molecular complexity index is 716. The molecule has 2 aromatic rings. The third-order valence-electron chi connectivity index (χ3n) is 4.85. The number of fused-ring (bicyclic) bond motifs is 3. The number of para-hydroxylation sites is 1. The van der Waals surface area contributed by atoms with Gasteiger partial charge in [-0.05, 0) is 43.2 Å². The topological polar surface area (TPSA) is 75.1 Å². The number of nitrogens with zero attached hydrogens (tertiary/aromatic N) is 2. The van der Waals surface area contributed by atoms with Gasteiger partial charge in [0.05, 0.1) is 5.52 Å². The predicted octanol–water partition coefficient (Wildman–Crippen LogP) is 2.93. The van der Waals surface area contributed by atoms with Crippen molar-refractivity contribution >= 4 is 22.7 Å². The third kappa shape index (κ3) is 2.13. The molecule has 3 unspecified atom stereocenters. The van der Waals surface area contributed by atoms with Gasteiger partial charge in [0.2, 0.25) is 5.82 Å². The minimum Gasteiger partial charge on any atom is -0.475 e. The Labute approximate surface area is 122 Å². The summed E-state index contributed by atoms with van der Waals surface area (Å²) in [7, 11) is 0. The van der Waals surface area contributed by atoms with Gasteiger partial charge in [0.25, 0.3) is 0 Å². The maximum absolute atomic E-state index is 11.2. The molecule has 0 aliphatic heterocycles. The maximum Gasteiger partial charge on any atom is 0.374 e. The Hall–Kier alpha value is -2.17. The van der Waals surface area contributed by atoms with E-state index in [-0.39, 0.29) is 5.82 Å². The smallest absolute Gasteiger partial charge is 0.374 e. The number of aromatic nitrogens is 2. The van der Waals surface area contributed by atoms with E-state index < -0.39 is 5.97 Å². The number of anilines is 1. The zero-order valence-corrected chi connectivity index (χ0v) is 11.6. The lowest BCUT2D eigenvalue weighted by Gasteiger charge is -2.24. The average molecular weight is 283 g/mol. The van der Waals surface area contributed by atoms with Crippen LogP contribution in [0.25, 0.3) is 10.9 Å². The van der Waals surface area contributed by atoms with Crippen LogP contribution < -0.4 is 5.32 Å². The first-order chi connectivity index (χ1) is 10.2. The molecule has 2 aliphatic rings. The second-order valence-corrected chi connectivity index (χ2v) is 6.14. The Morgan fingerprint density at radius 3 is 2.76 bits per heavy atom. The van der Waals surface area contributed by atoms with Gasteiger partial charge in [0, 0.05) is 11.4 Å². The quantitative estimate of drug-likeness (QED) is 0.905. The van der Waals surface area contributed by atoms with Crippen molar-refractivity contribution in [2.24, 2.45) is 11.8 Å². The molecule has 2 saturated carbocycles. The van der Waals surface area contributed by atoms with E-state index in [0.29, 0.717) is 23.3 Å². The summed E-state index contributed by atoms with van der Waals surface area (Å²) >= 11 is 0. The highest BCUT2D eigenvalue weighted by Crippen LogP contribution is 2.45. The number of carboxylic acid groups (broad SMARTS) is 1. The summed E-state index contributed by atoms with van der Waals surface area (Å²) in [5.41, 5.74) is 0.676. The lowest BCUT2D eigenvalue weighted by molar-refractivity contribution is 0.0684. The fourth-order valence-corrected chi connectivity index (χ4v) is 3.88. The van der Waals surface area contributed by atoms with E-state index in [1.165, 1.54) is 25.7 Å². The van der Waals surface area contributed by atoms with E-state index in [0.717, 1.165) is 11.3 Å². The summed E-state index contributed by atoms with van der Waals surface area (Å²) in [6.07, 6.45) is 5.09. The second-order valence-electron chi connectivity index (χ2n) is 6.14. The predicted molar refractivity (Wildman–Crippen MR) is 79.4 cm³/mol. The van der Waals surface area contributed by atoms with Gasteiger partial charge in [0.1, 0.15) is 5.82 Å². The van der Waals surface area contributed by atoms with E-state index in [9.17, 15) is 9.90 Å². The number of benzene rings is 1. The summed E-state index contributed by atoms with van der Waals surface area (Å²) in [5, 5.41) is 13.6. The Morgan fingerprint density at radius 1 is 1.19 bits per heavy atom. The van der Waals surface area contributed by atoms with Gasteiger partial charge in [0.15, 0.2) is 0 Å². The van der Waals surface area contributed by atoms with Crippen LogP contribution in [0.4, 0.5) is 5.82 Å². The van der Waals surface area contributed by atoms with E-state index in [1.54, 1.807) is 0 Å². The molecule has 1 aromatic carbocycles. The van der Waals surface area contributed by atoms with Gasteiger partial charge in [-0.2, -0.15) is 0 Å². The highest BCUT2D eigenvalue weighted by atomic mass is 16.4. The standard InChI is InChI=1S/C16H17N3O2/c20-16(21)15-17-12-4-2-1-3-11(12)14(19-15)18-13-8-9-5-6-10(13)7-9/h1-4,9-10,13H,5-8H2,(H,20,21)(H,17,18,19). The van der Waals surface area contributed by atoms with Gasteiger partial charge in [-0.25, -0.2) is 14.8 Å². The van der Waals surface area contributed by atoms with E-state index >= 15 is 0 Å². The zero-order valence-electron chi connectivity index (χ0n) is 11.6. The van der Waals surface area contributed by atoms with E-state index in [2.05, 4.69) is 15.3 Å². The van der Waals surface area contributed by atoms with Crippen LogP contribution in [0.3, 0.4) is 0 Å². The van der Waals surface area contributed by atoms with Gasteiger partial charge in [-0.1, -0.05) is 18.6 Å². The first kappa shape index (κ1) is 12.6. The van der Waals surface area contributed by atoms with Crippen molar-refractivity contribution in [1.29, 1.82) is 0 Å². The van der Waals surface area contributed by atoms with Crippen LogP contribution in [-0.2, 0) is 0 Å².